The predicted molar refractivity (Wildman–Crippen MR) is 116 cm³/mol. The molecule has 0 radical (unpaired) electrons. The van der Waals surface area contributed by atoms with Crippen molar-refractivity contribution in [2.45, 2.75) is 39.2 Å². The number of nitrogens with one attached hydrogen (secondary N) is 1. The smallest absolute Gasteiger partial charge is 0.223 e. The third kappa shape index (κ3) is 4.13. The number of hydrogen-bond acceptors (Lipinski definition) is 5. The van der Waals surface area contributed by atoms with E-state index in [9.17, 15) is 4.79 Å². The van der Waals surface area contributed by atoms with E-state index < -0.39 is 0 Å². The lowest BCUT2D eigenvalue weighted by atomic mass is 10.1. The molecule has 4 rings (SSSR count). The van der Waals surface area contributed by atoms with E-state index in [2.05, 4.69) is 30.2 Å². The molecule has 7 nitrogen and oxygen atoms in total. The van der Waals surface area contributed by atoms with Crippen LogP contribution in [-0.2, 0) is 4.79 Å². The lowest BCUT2D eigenvalue weighted by molar-refractivity contribution is -0.132. The molecule has 0 spiro atoms. The molecule has 1 aliphatic heterocycles. The van der Waals surface area contributed by atoms with Crippen LogP contribution in [0.4, 0.5) is 5.82 Å². The Balaban J connectivity index is 1.50. The maximum atomic E-state index is 12.5. The Hall–Kier alpha value is -3.40. The van der Waals surface area contributed by atoms with Crippen LogP contribution in [0.15, 0.2) is 42.6 Å². The molecule has 0 saturated carbocycles. The van der Waals surface area contributed by atoms with Gasteiger partial charge in [-0.2, -0.15) is 5.26 Å². The maximum absolute atomic E-state index is 12.5. The number of amides is 1. The van der Waals surface area contributed by atoms with Crippen LogP contribution in [0.3, 0.4) is 0 Å². The highest BCUT2D eigenvalue weighted by Crippen LogP contribution is 2.23. The first-order valence-electron chi connectivity index (χ1n) is 10.4. The summed E-state index contributed by atoms with van der Waals surface area (Å²) in [6.07, 6.45) is 4.45. The normalized spacial score (nSPS) is 16.2. The molecular formula is C23H26N6O. The second kappa shape index (κ2) is 8.54. The van der Waals surface area contributed by atoms with E-state index in [1.807, 2.05) is 29.2 Å². The molecule has 2 aromatic heterocycles. The largest absolute Gasteiger partial charge is 0.367 e. The van der Waals surface area contributed by atoms with Crippen molar-refractivity contribution in [2.75, 3.05) is 18.4 Å². The van der Waals surface area contributed by atoms with Crippen LogP contribution < -0.4 is 5.32 Å². The molecule has 7 heteroatoms. The highest BCUT2D eigenvalue weighted by Gasteiger charge is 2.28. The van der Waals surface area contributed by atoms with Gasteiger partial charge < -0.3 is 10.2 Å². The van der Waals surface area contributed by atoms with Crippen LogP contribution >= 0.6 is 0 Å². The van der Waals surface area contributed by atoms with E-state index >= 15 is 0 Å². The molecule has 0 unspecified atom stereocenters. The number of carbonyl (C=O) groups excluding carboxylic acids is 1. The third-order valence-electron chi connectivity index (χ3n) is 5.47. The summed E-state index contributed by atoms with van der Waals surface area (Å²) in [6, 6.07) is 13.6. The molecule has 0 aliphatic carbocycles. The second-order valence-electron chi connectivity index (χ2n) is 8.18. The van der Waals surface area contributed by atoms with Gasteiger partial charge in [-0.3, -0.25) is 4.79 Å². The van der Waals surface area contributed by atoms with Crippen LogP contribution in [0.2, 0.25) is 0 Å². The summed E-state index contributed by atoms with van der Waals surface area (Å²) in [5.74, 6) is 1.37. The number of likely N-dealkylation sites (tertiary alicyclic amines) is 1. The predicted octanol–water partition coefficient (Wildman–Crippen LogP) is 3.72. The molecule has 1 fully saturated rings. The minimum atomic E-state index is 0.203. The monoisotopic (exact) mass is 402 g/mol. The molecule has 1 N–H and O–H groups in total. The lowest BCUT2D eigenvalue weighted by Crippen LogP contribution is -2.40. The van der Waals surface area contributed by atoms with Crippen molar-refractivity contribution < 1.29 is 4.79 Å². The van der Waals surface area contributed by atoms with Crippen molar-refractivity contribution in [3.05, 3.63) is 48.2 Å². The molecule has 3 heterocycles. The number of aromatic nitrogens is 3. The number of nitrogens with zero attached hydrogens (tertiary/aromatic N) is 5. The fourth-order valence-corrected chi connectivity index (χ4v) is 3.95. The average Bonchev–Trinajstić information content (AvgIpc) is 3.38. The fourth-order valence-electron chi connectivity index (χ4n) is 3.95. The Morgan fingerprint density at radius 1 is 1.27 bits per heavy atom. The van der Waals surface area contributed by atoms with Crippen molar-refractivity contribution >= 4 is 17.4 Å². The summed E-state index contributed by atoms with van der Waals surface area (Å²) in [6.45, 7) is 5.69. The number of fused-ring (bicyclic) bond motifs is 1. The highest BCUT2D eigenvalue weighted by molar-refractivity contribution is 5.77. The number of nitriles is 1. The van der Waals surface area contributed by atoms with E-state index in [-0.39, 0.29) is 11.9 Å². The maximum Gasteiger partial charge on any atom is 0.223 e. The van der Waals surface area contributed by atoms with Crippen molar-refractivity contribution in [1.29, 1.82) is 5.26 Å². The summed E-state index contributed by atoms with van der Waals surface area (Å²) in [5.41, 5.74) is 3.20. The zero-order valence-electron chi connectivity index (χ0n) is 17.4. The van der Waals surface area contributed by atoms with E-state index in [0.29, 0.717) is 24.4 Å². The molecule has 1 amide bonds. The van der Waals surface area contributed by atoms with Gasteiger partial charge in [-0.05, 0) is 43.0 Å². The highest BCUT2D eigenvalue weighted by atomic mass is 16.2. The van der Waals surface area contributed by atoms with Crippen molar-refractivity contribution in [2.24, 2.45) is 5.92 Å². The van der Waals surface area contributed by atoms with Crippen molar-refractivity contribution in [3.63, 3.8) is 0 Å². The van der Waals surface area contributed by atoms with E-state index in [1.54, 1.807) is 22.8 Å². The molecule has 1 aromatic carbocycles. The number of benzene rings is 1. The van der Waals surface area contributed by atoms with Gasteiger partial charge in [0.15, 0.2) is 5.65 Å². The third-order valence-corrected chi connectivity index (χ3v) is 5.47. The number of anilines is 1. The molecule has 1 aliphatic rings. The summed E-state index contributed by atoms with van der Waals surface area (Å²) >= 11 is 0. The van der Waals surface area contributed by atoms with Gasteiger partial charge in [0, 0.05) is 31.1 Å². The standard InChI is InChI=1S/C23H26N6O/c1-16(2)12-23(30)28-11-3-4-19(28)14-25-21-9-10-22-26-15-20(29(22)27-21)18-7-5-17(13-24)6-8-18/h5-10,15-16,19H,3-4,11-12,14H2,1-2H3,(H,25,27)/t19-/m0/s1. The lowest BCUT2D eigenvalue weighted by Gasteiger charge is -2.26. The Labute approximate surface area is 176 Å². The summed E-state index contributed by atoms with van der Waals surface area (Å²) in [5, 5.41) is 17.1. The van der Waals surface area contributed by atoms with Gasteiger partial charge in [0.2, 0.25) is 5.91 Å². The van der Waals surface area contributed by atoms with Gasteiger partial charge in [0.05, 0.1) is 23.5 Å². The van der Waals surface area contributed by atoms with Crippen LogP contribution in [0.5, 0.6) is 0 Å². The first-order valence-corrected chi connectivity index (χ1v) is 10.4. The van der Waals surface area contributed by atoms with Gasteiger partial charge in [0.1, 0.15) is 5.82 Å². The molecule has 0 bridgehead atoms. The number of rotatable bonds is 6. The number of imidazole rings is 1. The summed E-state index contributed by atoms with van der Waals surface area (Å²) in [4.78, 5) is 19.0. The van der Waals surface area contributed by atoms with Gasteiger partial charge in [-0.15, -0.1) is 5.10 Å². The van der Waals surface area contributed by atoms with Crippen molar-refractivity contribution in [1.82, 2.24) is 19.5 Å². The Morgan fingerprint density at radius 2 is 2.07 bits per heavy atom. The minimum Gasteiger partial charge on any atom is -0.367 e. The molecule has 3 aromatic rings. The van der Waals surface area contributed by atoms with Crippen LogP contribution in [0.1, 0.15) is 38.7 Å². The van der Waals surface area contributed by atoms with Crippen LogP contribution in [-0.4, -0.2) is 44.5 Å². The van der Waals surface area contributed by atoms with Gasteiger partial charge in [-0.25, -0.2) is 9.50 Å². The average molecular weight is 403 g/mol. The van der Waals surface area contributed by atoms with Gasteiger partial charge in [-0.1, -0.05) is 26.0 Å². The molecule has 154 valence electrons. The summed E-state index contributed by atoms with van der Waals surface area (Å²) in [7, 11) is 0. The fraction of sp³-hybridized carbons (Fsp3) is 0.391. The molecular weight excluding hydrogens is 376 g/mol. The minimum absolute atomic E-state index is 0.203. The molecule has 1 saturated heterocycles. The SMILES string of the molecule is CC(C)CC(=O)N1CCC[C@H]1CNc1ccc2ncc(-c3ccc(C#N)cc3)n2n1. The van der Waals surface area contributed by atoms with Crippen LogP contribution in [0.25, 0.3) is 16.9 Å². The van der Waals surface area contributed by atoms with E-state index in [0.717, 1.165) is 42.1 Å². The number of carbonyl (C=O) groups is 1. The quantitative estimate of drug-likeness (QED) is 0.679. The van der Waals surface area contributed by atoms with E-state index in [4.69, 9.17) is 10.4 Å². The second-order valence-corrected chi connectivity index (χ2v) is 8.18. The van der Waals surface area contributed by atoms with Gasteiger partial charge >= 0.3 is 0 Å². The first-order chi connectivity index (χ1) is 14.5. The number of hydrogen-bond donors (Lipinski definition) is 1. The molecule has 1 atom stereocenters. The van der Waals surface area contributed by atoms with Gasteiger partial charge in [0.25, 0.3) is 0 Å². The Bertz CT molecular complexity index is 1080. The van der Waals surface area contributed by atoms with E-state index in [1.165, 1.54) is 0 Å². The topological polar surface area (TPSA) is 86.3 Å². The zero-order chi connectivity index (χ0) is 21.1. The van der Waals surface area contributed by atoms with Crippen molar-refractivity contribution in [3.8, 4) is 17.3 Å². The Kier molecular flexibility index (Phi) is 5.66. The zero-order valence-corrected chi connectivity index (χ0v) is 17.4. The summed E-state index contributed by atoms with van der Waals surface area (Å²) < 4.78 is 1.81. The molecule has 30 heavy (non-hydrogen) atoms. The Morgan fingerprint density at radius 3 is 2.80 bits per heavy atom. The van der Waals surface area contributed by atoms with Crippen LogP contribution in [0, 0.1) is 17.2 Å². The first kappa shape index (κ1) is 19.9.